The van der Waals surface area contributed by atoms with Gasteiger partial charge in [0.1, 0.15) is 16.6 Å². The molecule has 0 atom stereocenters. The highest BCUT2D eigenvalue weighted by Crippen LogP contribution is 2.27. The minimum absolute atomic E-state index is 0.532. The number of allylic oxidation sites excluding steroid dienone is 1. The van der Waals surface area contributed by atoms with Gasteiger partial charge in [-0.25, -0.2) is 4.98 Å². The average Bonchev–Trinajstić information content (AvgIpc) is 3.07. The van der Waals surface area contributed by atoms with Crippen LogP contribution in [0.2, 0.25) is 0 Å². The van der Waals surface area contributed by atoms with Crippen molar-refractivity contribution in [2.24, 2.45) is 0 Å². The summed E-state index contributed by atoms with van der Waals surface area (Å²) in [7, 11) is 0. The molecule has 0 bridgehead atoms. The number of hydrogen-bond donors (Lipinski definition) is 1. The van der Waals surface area contributed by atoms with Crippen LogP contribution in [-0.2, 0) is 0 Å². The highest BCUT2D eigenvalue weighted by Gasteiger charge is 2.09. The lowest BCUT2D eigenvalue weighted by Gasteiger charge is -2.05. The first kappa shape index (κ1) is 17.9. The third-order valence-corrected chi connectivity index (χ3v) is 5.14. The third kappa shape index (κ3) is 4.01. The number of nitriles is 1. The molecule has 3 nitrogen and oxygen atoms in total. The van der Waals surface area contributed by atoms with Crippen molar-refractivity contribution >= 4 is 22.6 Å². The Labute approximate surface area is 158 Å². The van der Waals surface area contributed by atoms with E-state index in [2.05, 4.69) is 80.5 Å². The summed E-state index contributed by atoms with van der Waals surface area (Å²) in [5.74, 6) is 0. The Bertz CT molecular complexity index is 1000. The summed E-state index contributed by atoms with van der Waals surface area (Å²) in [6.45, 7) is 8.31. The zero-order valence-corrected chi connectivity index (χ0v) is 16.2. The van der Waals surface area contributed by atoms with Gasteiger partial charge in [0.05, 0.1) is 5.69 Å². The molecule has 0 spiro atoms. The summed E-state index contributed by atoms with van der Waals surface area (Å²) < 4.78 is 0. The summed E-state index contributed by atoms with van der Waals surface area (Å²) >= 11 is 1.49. The molecule has 1 heterocycles. The normalized spacial score (nSPS) is 11.3. The van der Waals surface area contributed by atoms with Crippen molar-refractivity contribution in [3.8, 4) is 17.3 Å². The lowest BCUT2D eigenvalue weighted by Crippen LogP contribution is -1.92. The van der Waals surface area contributed by atoms with Gasteiger partial charge < -0.3 is 5.32 Å². The number of aromatic nitrogens is 1. The Balaban J connectivity index is 1.86. The number of thiazole rings is 1. The third-order valence-electron chi connectivity index (χ3n) is 4.26. The van der Waals surface area contributed by atoms with Crippen LogP contribution >= 0.6 is 11.3 Å². The molecule has 2 aromatic carbocycles. The van der Waals surface area contributed by atoms with E-state index in [0.717, 1.165) is 22.0 Å². The first-order valence-electron chi connectivity index (χ1n) is 8.45. The van der Waals surface area contributed by atoms with Gasteiger partial charge in [-0.1, -0.05) is 18.2 Å². The van der Waals surface area contributed by atoms with E-state index in [9.17, 15) is 5.26 Å². The van der Waals surface area contributed by atoms with E-state index in [-0.39, 0.29) is 0 Å². The predicted octanol–water partition coefficient (Wildman–Crippen LogP) is 6.02. The monoisotopic (exact) mass is 359 g/mol. The van der Waals surface area contributed by atoms with Crippen LogP contribution in [-0.4, -0.2) is 4.98 Å². The number of hydrogen-bond acceptors (Lipinski definition) is 4. The van der Waals surface area contributed by atoms with E-state index in [1.807, 2.05) is 5.38 Å². The molecule has 26 heavy (non-hydrogen) atoms. The molecule has 0 saturated carbocycles. The molecular formula is C22H21N3S. The van der Waals surface area contributed by atoms with E-state index in [0.29, 0.717) is 5.57 Å². The second kappa shape index (κ2) is 7.55. The number of nitrogens with one attached hydrogen (secondary N) is 1. The van der Waals surface area contributed by atoms with E-state index in [1.165, 1.54) is 33.6 Å². The van der Waals surface area contributed by atoms with Gasteiger partial charge in [-0.05, 0) is 68.1 Å². The summed E-state index contributed by atoms with van der Waals surface area (Å²) in [5.41, 5.74) is 8.36. The Morgan fingerprint density at radius 2 is 1.77 bits per heavy atom. The van der Waals surface area contributed by atoms with Crippen molar-refractivity contribution in [2.75, 3.05) is 5.32 Å². The maximum Gasteiger partial charge on any atom is 0.136 e. The van der Waals surface area contributed by atoms with Gasteiger partial charge in [-0.2, -0.15) is 5.26 Å². The Hall–Kier alpha value is -2.90. The summed E-state index contributed by atoms with van der Waals surface area (Å²) in [6, 6.07) is 14.8. The quantitative estimate of drug-likeness (QED) is 0.579. The van der Waals surface area contributed by atoms with Crippen molar-refractivity contribution < 1.29 is 0 Å². The number of benzene rings is 2. The van der Waals surface area contributed by atoms with Crippen LogP contribution in [0, 0.1) is 39.0 Å². The highest BCUT2D eigenvalue weighted by atomic mass is 32.1. The molecule has 3 rings (SSSR count). The fraction of sp³-hybridized carbons (Fsp3) is 0.182. The van der Waals surface area contributed by atoms with Gasteiger partial charge in [-0.3, -0.25) is 0 Å². The van der Waals surface area contributed by atoms with Gasteiger partial charge >= 0.3 is 0 Å². The molecule has 3 aromatic rings. The second-order valence-corrected chi connectivity index (χ2v) is 7.39. The molecule has 0 aliphatic carbocycles. The summed E-state index contributed by atoms with van der Waals surface area (Å²) in [6.07, 6.45) is 1.73. The van der Waals surface area contributed by atoms with E-state index in [4.69, 9.17) is 0 Å². The molecule has 0 unspecified atom stereocenters. The second-order valence-electron chi connectivity index (χ2n) is 6.53. The predicted molar refractivity (Wildman–Crippen MR) is 110 cm³/mol. The maximum atomic E-state index is 9.54. The van der Waals surface area contributed by atoms with Crippen LogP contribution in [0.15, 0.2) is 48.0 Å². The topological polar surface area (TPSA) is 48.7 Å². The smallest absolute Gasteiger partial charge is 0.136 e. The minimum atomic E-state index is 0.532. The SMILES string of the molecule is Cc1cc(C)cc(N/C=C(\C#N)c2nc(-c3ccc(C)c(C)c3)cs2)c1. The number of rotatable bonds is 4. The van der Waals surface area contributed by atoms with Crippen LogP contribution in [0.3, 0.4) is 0 Å². The molecule has 0 aliphatic heterocycles. The van der Waals surface area contributed by atoms with Crippen LogP contribution < -0.4 is 5.32 Å². The van der Waals surface area contributed by atoms with Crippen molar-refractivity contribution in [3.63, 3.8) is 0 Å². The first-order valence-corrected chi connectivity index (χ1v) is 9.33. The zero-order valence-electron chi connectivity index (χ0n) is 15.4. The number of nitrogens with zero attached hydrogens (tertiary/aromatic N) is 2. The van der Waals surface area contributed by atoms with Crippen molar-refractivity contribution in [1.29, 1.82) is 5.26 Å². The van der Waals surface area contributed by atoms with Crippen molar-refractivity contribution in [2.45, 2.75) is 27.7 Å². The van der Waals surface area contributed by atoms with E-state index >= 15 is 0 Å². The van der Waals surface area contributed by atoms with E-state index < -0.39 is 0 Å². The van der Waals surface area contributed by atoms with Gasteiger partial charge in [0.15, 0.2) is 0 Å². The largest absolute Gasteiger partial charge is 0.360 e. The van der Waals surface area contributed by atoms with Crippen LogP contribution in [0.5, 0.6) is 0 Å². The molecule has 0 saturated heterocycles. The summed E-state index contributed by atoms with van der Waals surface area (Å²) in [4.78, 5) is 4.66. The molecule has 0 aliphatic rings. The lowest BCUT2D eigenvalue weighted by atomic mass is 10.1. The first-order chi connectivity index (χ1) is 12.5. The maximum absolute atomic E-state index is 9.54. The van der Waals surface area contributed by atoms with Gasteiger partial charge in [0.2, 0.25) is 0 Å². The Morgan fingerprint density at radius 1 is 1.04 bits per heavy atom. The molecule has 0 amide bonds. The molecule has 0 fully saturated rings. The molecule has 1 N–H and O–H groups in total. The van der Waals surface area contributed by atoms with Crippen LogP contribution in [0.4, 0.5) is 5.69 Å². The Morgan fingerprint density at radius 3 is 2.42 bits per heavy atom. The van der Waals surface area contributed by atoms with Gasteiger partial charge in [-0.15, -0.1) is 11.3 Å². The van der Waals surface area contributed by atoms with Crippen LogP contribution in [0.1, 0.15) is 27.3 Å². The number of aryl methyl sites for hydroxylation is 4. The highest BCUT2D eigenvalue weighted by molar-refractivity contribution is 7.11. The lowest BCUT2D eigenvalue weighted by molar-refractivity contribution is 1.31. The molecule has 130 valence electrons. The fourth-order valence-corrected chi connectivity index (χ4v) is 3.58. The zero-order chi connectivity index (χ0) is 18.7. The van der Waals surface area contributed by atoms with Crippen molar-refractivity contribution in [3.05, 3.63) is 75.2 Å². The molecule has 4 heteroatoms. The molecular weight excluding hydrogens is 338 g/mol. The molecule has 1 aromatic heterocycles. The standard InChI is InChI=1S/C22H21N3S/c1-14-7-15(2)9-20(8-14)24-12-19(11-23)22-25-21(13-26-22)18-6-5-16(3)17(4)10-18/h5-10,12-13,24H,1-4H3/b19-12+. The van der Waals surface area contributed by atoms with Crippen LogP contribution in [0.25, 0.3) is 16.8 Å². The van der Waals surface area contributed by atoms with Gasteiger partial charge in [0.25, 0.3) is 0 Å². The molecule has 0 radical (unpaired) electrons. The number of anilines is 1. The van der Waals surface area contributed by atoms with Crippen molar-refractivity contribution in [1.82, 2.24) is 4.98 Å². The summed E-state index contributed by atoms with van der Waals surface area (Å²) in [5, 5.41) is 15.5. The van der Waals surface area contributed by atoms with E-state index in [1.54, 1.807) is 6.20 Å². The average molecular weight is 359 g/mol. The fourth-order valence-electron chi connectivity index (χ4n) is 2.79. The minimum Gasteiger partial charge on any atom is -0.360 e. The Kier molecular flexibility index (Phi) is 5.20. The van der Waals surface area contributed by atoms with Gasteiger partial charge in [0, 0.05) is 22.8 Å².